The van der Waals surface area contributed by atoms with Gasteiger partial charge in [0, 0.05) is 112 Å². The Morgan fingerprint density at radius 2 is 1.05 bits per heavy atom. The van der Waals surface area contributed by atoms with Crippen molar-refractivity contribution in [1.29, 1.82) is 0 Å². The van der Waals surface area contributed by atoms with E-state index in [1.165, 1.54) is 11.1 Å². The first kappa shape index (κ1) is 52.7. The van der Waals surface area contributed by atoms with E-state index in [0.29, 0.717) is 22.9 Å². The Kier molecular flexibility index (Phi) is 16.4. The van der Waals surface area contributed by atoms with Crippen molar-refractivity contribution in [2.45, 2.75) is 65.2 Å². The van der Waals surface area contributed by atoms with Gasteiger partial charge in [0.05, 0.1) is 0 Å². The molecule has 0 N–H and O–H groups in total. The maximum Gasteiger partial charge on any atom is 0.0497 e. The van der Waals surface area contributed by atoms with Gasteiger partial charge in [-0.05, 0) is 69.6 Å². The van der Waals surface area contributed by atoms with E-state index in [9.17, 15) is 0 Å². The van der Waals surface area contributed by atoms with E-state index in [4.69, 9.17) is 4.74 Å². The number of hydrogen-bond acceptors (Lipinski definition) is 11. The molecule has 0 saturated heterocycles. The predicted octanol–water partition coefficient (Wildman–Crippen LogP) is 13.3. The molecular formula is C60H56IrN10OPt-8. The molecule has 4 aromatic heterocycles. The maximum atomic E-state index is 6.01. The summed E-state index contributed by atoms with van der Waals surface area (Å²) in [4.78, 5) is 30.7. The number of rotatable bonds is 11. The van der Waals surface area contributed by atoms with E-state index in [1.54, 1.807) is 24.5 Å². The Morgan fingerprint density at radius 3 is 1.60 bits per heavy atom. The number of unbranched alkanes of at least 4 members (excludes halogenated alkanes) is 1. The molecule has 0 fully saturated rings. The summed E-state index contributed by atoms with van der Waals surface area (Å²) in [6, 6.07) is 53.1. The molecule has 7 heterocycles. The largest absolute Gasteiger partial charge is 0.510 e. The van der Waals surface area contributed by atoms with Crippen LogP contribution in [-0.4, -0.2) is 40.1 Å². The van der Waals surface area contributed by atoms with Crippen LogP contribution >= 0.6 is 0 Å². The van der Waals surface area contributed by atoms with E-state index in [0.717, 1.165) is 77.1 Å². The molecule has 0 saturated carbocycles. The fourth-order valence-electron chi connectivity index (χ4n) is 8.72. The molecule has 0 atom stereocenters. The van der Waals surface area contributed by atoms with Crippen molar-refractivity contribution in [1.82, 2.24) is 19.9 Å². The number of ether oxygens (including phenoxy) is 1. The summed E-state index contributed by atoms with van der Waals surface area (Å²) < 4.78 is 6.01. The first-order chi connectivity index (χ1) is 34.4. The van der Waals surface area contributed by atoms with Crippen molar-refractivity contribution in [2.75, 3.05) is 49.5 Å². The van der Waals surface area contributed by atoms with Gasteiger partial charge in [-0.15, -0.1) is 70.9 Å². The van der Waals surface area contributed by atoms with Crippen LogP contribution in [0.2, 0.25) is 0 Å². The minimum atomic E-state index is 0. The van der Waals surface area contributed by atoms with Gasteiger partial charge in [0.1, 0.15) is 0 Å². The zero-order valence-electron chi connectivity index (χ0n) is 41.9. The van der Waals surface area contributed by atoms with Crippen molar-refractivity contribution in [3.05, 3.63) is 208 Å². The first-order valence-electron chi connectivity index (χ1n) is 24.0. The molecule has 73 heavy (non-hydrogen) atoms. The summed E-state index contributed by atoms with van der Waals surface area (Å²) in [5.74, 6) is 1.15. The topological polar surface area (TPSA) is 80.2 Å². The van der Waals surface area contributed by atoms with Crippen LogP contribution in [-0.2, 0) is 52.0 Å². The summed E-state index contributed by atoms with van der Waals surface area (Å²) in [5.41, 5.74) is 13.8. The molecule has 0 unspecified atom stereocenters. The summed E-state index contributed by atoms with van der Waals surface area (Å²) in [5, 5.41) is 0. The molecule has 8 aromatic rings. The van der Waals surface area contributed by atoms with Crippen LogP contribution in [0, 0.1) is 50.3 Å². The SMILES string of the molecule is CC(C)(C)c1c[c-]c(N2[CH-]N(CCCCN3[CH-]N(c4[c-]cc(C(C)(C)C)cc4)c4ccncc43)c3cnccc32)cc1.CN1[CH-]N(c2[c-]c(Oc3[c-]c(-c4[c-]cccn4)ncc3)ccc2)c2ccccc21.[Ir].[Pt]. The van der Waals surface area contributed by atoms with Crippen LogP contribution in [0.4, 0.5) is 51.2 Å². The van der Waals surface area contributed by atoms with Crippen LogP contribution in [0.5, 0.6) is 11.5 Å². The minimum absolute atomic E-state index is 0. The smallest absolute Gasteiger partial charge is 0.0497 e. The molecule has 379 valence electrons. The van der Waals surface area contributed by atoms with E-state index < -0.39 is 0 Å². The molecule has 13 heteroatoms. The number of fused-ring (bicyclic) bond motifs is 3. The second-order valence-electron chi connectivity index (χ2n) is 19.7. The Hall–Kier alpha value is -6.58. The summed E-state index contributed by atoms with van der Waals surface area (Å²) in [6.07, 6.45) is 13.1. The standard InChI is InChI=1S/C36H40N6.C24H16N4O.Ir.Pt/c1-35(2,3)27-9-13-29(14-10-27)41-25-39(33-23-37-19-17-31(33)41)21-7-8-22-40-26-42(32-18-20-38-24-34(32)40)30-15-11-28(12-16-30)36(4,5)6;1-27-17-28(24-11-3-2-10-23(24)27)18-7-6-8-19(15-18)29-20-12-14-26-22(16-20)21-9-4-5-13-25-21;;/h9-13,15,17-20,23-26H,7-8,21-22H2,1-6H3;2-8,10-14,17H,1H3;;/q2*-4;;. The Balaban J connectivity index is 0.000000201. The average molecular weight is 1320 g/mol. The second kappa shape index (κ2) is 22.7. The van der Waals surface area contributed by atoms with E-state index in [-0.39, 0.29) is 52.0 Å². The molecular weight excluding hydrogens is 1260 g/mol. The molecule has 11 nitrogen and oxygen atoms in total. The minimum Gasteiger partial charge on any atom is -0.510 e. The number of nitrogens with zero attached hydrogens (tertiary/aromatic N) is 10. The fourth-order valence-corrected chi connectivity index (χ4v) is 8.72. The number of benzene rings is 4. The molecule has 4 aromatic carbocycles. The number of aromatic nitrogens is 4. The van der Waals surface area contributed by atoms with E-state index >= 15 is 0 Å². The second-order valence-corrected chi connectivity index (χ2v) is 19.7. The van der Waals surface area contributed by atoms with Crippen molar-refractivity contribution < 1.29 is 45.9 Å². The Labute approximate surface area is 459 Å². The van der Waals surface area contributed by atoms with Crippen molar-refractivity contribution in [3.8, 4) is 22.9 Å². The maximum absolute atomic E-state index is 6.01. The zero-order valence-corrected chi connectivity index (χ0v) is 46.6. The van der Waals surface area contributed by atoms with Gasteiger partial charge in [-0.3, -0.25) is 9.97 Å². The molecule has 0 bridgehead atoms. The number of hydrogen-bond donors (Lipinski definition) is 0. The molecule has 1 radical (unpaired) electrons. The number of pyridine rings is 4. The molecule has 11 rings (SSSR count). The Bertz CT molecular complexity index is 2970. The summed E-state index contributed by atoms with van der Waals surface area (Å²) >= 11 is 0. The van der Waals surface area contributed by atoms with Gasteiger partial charge in [0.15, 0.2) is 0 Å². The molecule has 0 aliphatic carbocycles. The van der Waals surface area contributed by atoms with E-state index in [1.807, 2.05) is 74.9 Å². The number of anilines is 9. The van der Waals surface area contributed by atoms with Crippen molar-refractivity contribution >= 4 is 51.2 Å². The normalized spacial score (nSPS) is 13.6. The van der Waals surface area contributed by atoms with Crippen LogP contribution in [0.3, 0.4) is 0 Å². The third-order valence-corrected chi connectivity index (χ3v) is 12.6. The van der Waals surface area contributed by atoms with Crippen molar-refractivity contribution in [3.63, 3.8) is 0 Å². The quantitative estimate of drug-likeness (QED) is 0.0917. The molecule has 3 aliphatic rings. The monoisotopic (exact) mass is 1320 g/mol. The van der Waals surface area contributed by atoms with Crippen molar-refractivity contribution in [2.24, 2.45) is 0 Å². The average Bonchev–Trinajstić information content (AvgIpc) is 4.07. The van der Waals surface area contributed by atoms with Gasteiger partial charge in [0.25, 0.3) is 0 Å². The first-order valence-corrected chi connectivity index (χ1v) is 24.0. The molecule has 3 aliphatic heterocycles. The van der Waals surface area contributed by atoms with Gasteiger partial charge in [0.2, 0.25) is 0 Å². The van der Waals surface area contributed by atoms with E-state index in [2.05, 4.69) is 195 Å². The van der Waals surface area contributed by atoms with Gasteiger partial charge in [-0.25, -0.2) is 6.07 Å². The van der Waals surface area contributed by atoms with Crippen LogP contribution < -0.4 is 34.1 Å². The van der Waals surface area contributed by atoms with Gasteiger partial charge in [-0.1, -0.05) is 64.5 Å². The van der Waals surface area contributed by atoms with Crippen LogP contribution in [0.1, 0.15) is 65.5 Å². The summed E-state index contributed by atoms with van der Waals surface area (Å²) in [6.45, 7) is 21.6. The van der Waals surface area contributed by atoms with Crippen LogP contribution in [0.25, 0.3) is 11.4 Å². The Morgan fingerprint density at radius 1 is 0.507 bits per heavy atom. The molecule has 0 spiro atoms. The zero-order chi connectivity index (χ0) is 49.1. The summed E-state index contributed by atoms with van der Waals surface area (Å²) in [7, 11) is 2.03. The predicted molar refractivity (Wildman–Crippen MR) is 285 cm³/mol. The van der Waals surface area contributed by atoms with Gasteiger partial charge >= 0.3 is 0 Å². The fraction of sp³-hybridized carbons (Fsp3) is 0.217. The third-order valence-electron chi connectivity index (χ3n) is 12.6. The molecule has 0 amide bonds. The third kappa shape index (κ3) is 11.8. The van der Waals surface area contributed by atoms with Crippen LogP contribution in [0.15, 0.2) is 146 Å². The van der Waals surface area contributed by atoms with Gasteiger partial charge in [-0.2, -0.15) is 85.7 Å². The number of para-hydroxylation sites is 2. The van der Waals surface area contributed by atoms with Gasteiger partial charge < -0.3 is 44.1 Å².